The first-order valence-electron chi connectivity index (χ1n) is 12.5. The molecule has 2 heterocycles. The van der Waals surface area contributed by atoms with Crippen molar-refractivity contribution in [2.45, 2.75) is 64.1 Å². The molecule has 2 aromatic carbocycles. The Balaban J connectivity index is 1.35. The lowest BCUT2D eigenvalue weighted by atomic mass is 9.96. The van der Waals surface area contributed by atoms with E-state index in [1.165, 1.54) is 25.3 Å². The third-order valence-electron chi connectivity index (χ3n) is 7.09. The molecule has 1 saturated heterocycles. The van der Waals surface area contributed by atoms with Crippen molar-refractivity contribution in [3.8, 4) is 0 Å². The Morgan fingerprint density at radius 1 is 1.26 bits per heavy atom. The Morgan fingerprint density at radius 3 is 2.91 bits per heavy atom. The number of aliphatic hydroxyl groups excluding tert-OH is 1. The summed E-state index contributed by atoms with van der Waals surface area (Å²) in [5, 5.41) is 15.8. The third kappa shape index (κ3) is 6.68. The maximum Gasteiger partial charge on any atom is 0.258 e. The minimum absolute atomic E-state index is 0.0867. The second-order valence-electron chi connectivity index (χ2n) is 9.49. The van der Waals surface area contributed by atoms with Gasteiger partial charge in [0.1, 0.15) is 5.82 Å². The lowest BCUT2D eigenvalue weighted by molar-refractivity contribution is 0.0974. The monoisotopic (exact) mass is 544 g/mol. The molecule has 0 spiro atoms. The molecule has 2 aliphatic rings. The lowest BCUT2D eigenvalue weighted by Crippen LogP contribution is -2.44. The Morgan fingerprint density at radius 2 is 2.11 bits per heavy atom. The number of likely N-dealkylation sites (tertiary alicyclic amines) is 1. The molecule has 0 aliphatic carbocycles. The van der Waals surface area contributed by atoms with Crippen LogP contribution in [0.1, 0.15) is 59.7 Å². The number of benzene rings is 2. The van der Waals surface area contributed by atoms with Crippen LogP contribution in [0.15, 0.2) is 45.9 Å². The van der Waals surface area contributed by atoms with Crippen LogP contribution in [0.25, 0.3) is 0 Å². The topological polar surface area (TPSA) is 77.0 Å². The minimum atomic E-state index is -0.409. The van der Waals surface area contributed by atoms with E-state index in [1.807, 2.05) is 18.2 Å². The van der Waals surface area contributed by atoms with E-state index in [-0.39, 0.29) is 18.6 Å². The predicted molar refractivity (Wildman–Crippen MR) is 140 cm³/mol. The van der Waals surface area contributed by atoms with E-state index in [4.69, 9.17) is 0 Å². The highest BCUT2D eigenvalue weighted by Crippen LogP contribution is 2.22. The molecule has 0 bridgehead atoms. The SMILES string of the molecule is CC1CCCCN1CCC1CN=C(NC(=O)c2cccc(F)c2CCc2cc(Br)ccc2CO)N1. The molecule has 0 radical (unpaired) electrons. The van der Waals surface area contributed by atoms with Crippen LogP contribution in [-0.2, 0) is 19.4 Å². The predicted octanol–water partition coefficient (Wildman–Crippen LogP) is 4.19. The van der Waals surface area contributed by atoms with Crippen LogP contribution in [0.5, 0.6) is 0 Å². The molecule has 2 aromatic rings. The van der Waals surface area contributed by atoms with Gasteiger partial charge < -0.3 is 15.3 Å². The summed E-state index contributed by atoms with van der Waals surface area (Å²) in [4.78, 5) is 20.1. The number of piperidine rings is 1. The van der Waals surface area contributed by atoms with Crippen molar-refractivity contribution in [3.63, 3.8) is 0 Å². The molecule has 188 valence electrons. The molecule has 1 amide bonds. The Hall–Kier alpha value is -2.29. The number of hydrogen-bond donors (Lipinski definition) is 3. The van der Waals surface area contributed by atoms with Crippen LogP contribution < -0.4 is 10.6 Å². The van der Waals surface area contributed by atoms with Gasteiger partial charge in [0.15, 0.2) is 5.96 Å². The van der Waals surface area contributed by atoms with Gasteiger partial charge in [-0.05, 0) is 81.0 Å². The van der Waals surface area contributed by atoms with Gasteiger partial charge in [0.2, 0.25) is 0 Å². The first-order valence-corrected chi connectivity index (χ1v) is 13.3. The number of hydrogen-bond acceptors (Lipinski definition) is 5. The number of guanidine groups is 1. The zero-order valence-electron chi connectivity index (χ0n) is 20.2. The van der Waals surface area contributed by atoms with Crippen LogP contribution in [0.4, 0.5) is 4.39 Å². The zero-order chi connectivity index (χ0) is 24.8. The van der Waals surface area contributed by atoms with Crippen LogP contribution in [0.3, 0.4) is 0 Å². The fourth-order valence-electron chi connectivity index (χ4n) is 4.98. The Kier molecular flexibility index (Phi) is 8.92. The Labute approximate surface area is 215 Å². The summed E-state index contributed by atoms with van der Waals surface area (Å²) >= 11 is 3.45. The summed E-state index contributed by atoms with van der Waals surface area (Å²) in [7, 11) is 0. The van der Waals surface area contributed by atoms with Gasteiger partial charge in [0.05, 0.1) is 13.2 Å². The third-order valence-corrected chi connectivity index (χ3v) is 7.59. The summed E-state index contributed by atoms with van der Waals surface area (Å²) in [6.45, 7) is 5.01. The number of rotatable bonds is 8. The summed E-state index contributed by atoms with van der Waals surface area (Å²) in [6, 6.07) is 11.0. The maximum atomic E-state index is 14.8. The first kappa shape index (κ1) is 25.8. The quantitative estimate of drug-likeness (QED) is 0.465. The van der Waals surface area contributed by atoms with Crippen LogP contribution >= 0.6 is 15.9 Å². The smallest absolute Gasteiger partial charge is 0.258 e. The highest BCUT2D eigenvalue weighted by Gasteiger charge is 2.24. The molecule has 0 saturated carbocycles. The molecule has 2 atom stereocenters. The van der Waals surface area contributed by atoms with E-state index in [2.05, 4.69) is 43.4 Å². The van der Waals surface area contributed by atoms with Gasteiger partial charge in [-0.3, -0.25) is 15.1 Å². The van der Waals surface area contributed by atoms with Gasteiger partial charge in [0, 0.05) is 34.2 Å². The van der Waals surface area contributed by atoms with E-state index in [9.17, 15) is 14.3 Å². The number of nitrogens with one attached hydrogen (secondary N) is 2. The molecule has 8 heteroatoms. The van der Waals surface area contributed by atoms with E-state index in [0.29, 0.717) is 42.5 Å². The lowest BCUT2D eigenvalue weighted by Gasteiger charge is -2.33. The van der Waals surface area contributed by atoms with E-state index >= 15 is 0 Å². The van der Waals surface area contributed by atoms with Gasteiger partial charge in [-0.25, -0.2) is 4.39 Å². The summed E-state index contributed by atoms with van der Waals surface area (Å²) in [5.74, 6) is -0.322. The first-order chi connectivity index (χ1) is 16.9. The van der Waals surface area contributed by atoms with E-state index in [0.717, 1.165) is 35.1 Å². The number of nitrogens with zero attached hydrogens (tertiary/aromatic N) is 2. The molecule has 4 rings (SSSR count). The highest BCUT2D eigenvalue weighted by atomic mass is 79.9. The fourth-order valence-corrected chi connectivity index (χ4v) is 5.39. The molecule has 6 nitrogen and oxygen atoms in total. The normalized spacial score (nSPS) is 20.4. The van der Waals surface area contributed by atoms with Gasteiger partial charge in [0.25, 0.3) is 5.91 Å². The van der Waals surface area contributed by atoms with Crippen LogP contribution in [0.2, 0.25) is 0 Å². The largest absolute Gasteiger partial charge is 0.392 e. The second-order valence-corrected chi connectivity index (χ2v) is 10.4. The van der Waals surface area contributed by atoms with Crippen molar-refractivity contribution >= 4 is 27.8 Å². The molecule has 35 heavy (non-hydrogen) atoms. The minimum Gasteiger partial charge on any atom is -0.392 e. The van der Waals surface area contributed by atoms with Crippen LogP contribution in [-0.4, -0.2) is 53.6 Å². The van der Waals surface area contributed by atoms with Gasteiger partial charge in [-0.1, -0.05) is 34.5 Å². The second kappa shape index (κ2) is 12.1. The summed E-state index contributed by atoms with van der Waals surface area (Å²) in [5.41, 5.74) is 2.39. The standard InChI is InChI=1S/C27H34BrFN4O2/c1-18-5-2-3-13-33(18)14-12-22-16-30-27(31-22)32-26(35)24-6-4-7-25(29)23(24)11-9-19-15-21(28)10-8-20(19)17-34/h4,6-8,10,15,18,22,34H,2-3,5,9,11-14,16-17H2,1H3,(H2,30,31,32,35). The van der Waals surface area contributed by atoms with E-state index < -0.39 is 5.82 Å². The number of carbonyl (C=O) groups excluding carboxylic acids is 1. The zero-order valence-corrected chi connectivity index (χ0v) is 21.8. The van der Waals surface area contributed by atoms with Crippen molar-refractivity contribution in [1.29, 1.82) is 0 Å². The molecule has 2 aliphatic heterocycles. The number of carbonyl (C=O) groups is 1. The number of amides is 1. The Bertz CT molecular complexity index is 1080. The van der Waals surface area contributed by atoms with Crippen molar-refractivity contribution in [1.82, 2.24) is 15.5 Å². The van der Waals surface area contributed by atoms with Crippen molar-refractivity contribution in [2.24, 2.45) is 4.99 Å². The summed E-state index contributed by atoms with van der Waals surface area (Å²) < 4.78 is 15.7. The fraction of sp³-hybridized carbons (Fsp3) is 0.481. The van der Waals surface area contributed by atoms with Crippen molar-refractivity contribution in [3.05, 3.63) is 68.9 Å². The molecule has 1 fully saturated rings. The molecular weight excluding hydrogens is 511 g/mol. The van der Waals surface area contributed by atoms with Gasteiger partial charge >= 0.3 is 0 Å². The van der Waals surface area contributed by atoms with Crippen molar-refractivity contribution in [2.75, 3.05) is 19.6 Å². The van der Waals surface area contributed by atoms with Gasteiger partial charge in [-0.15, -0.1) is 0 Å². The number of aliphatic hydroxyl groups is 1. The van der Waals surface area contributed by atoms with Crippen LogP contribution in [0, 0.1) is 5.82 Å². The number of aryl methyl sites for hydroxylation is 1. The highest BCUT2D eigenvalue weighted by molar-refractivity contribution is 9.10. The average Bonchev–Trinajstić information content (AvgIpc) is 3.30. The number of aliphatic imine (C=N–C) groups is 1. The molecule has 0 aromatic heterocycles. The average molecular weight is 545 g/mol. The molecule has 3 N–H and O–H groups in total. The van der Waals surface area contributed by atoms with E-state index in [1.54, 1.807) is 12.1 Å². The molecule has 2 unspecified atom stereocenters. The van der Waals surface area contributed by atoms with Gasteiger partial charge in [-0.2, -0.15) is 0 Å². The van der Waals surface area contributed by atoms with Crippen molar-refractivity contribution < 1.29 is 14.3 Å². The molecular formula is C27H34BrFN4O2. The summed E-state index contributed by atoms with van der Waals surface area (Å²) in [6.07, 6.45) is 5.65. The number of halogens is 2. The maximum absolute atomic E-state index is 14.8.